The van der Waals surface area contributed by atoms with Crippen molar-refractivity contribution in [3.8, 4) is 0 Å². The minimum Gasteiger partial charge on any atom is -0.478 e. The van der Waals surface area contributed by atoms with Crippen molar-refractivity contribution < 1.29 is 9.90 Å². The van der Waals surface area contributed by atoms with Crippen molar-refractivity contribution in [3.05, 3.63) is 35.7 Å². The fourth-order valence-electron chi connectivity index (χ4n) is 1.70. The molecule has 5 nitrogen and oxygen atoms in total. The van der Waals surface area contributed by atoms with Crippen LogP contribution in [0.4, 0.5) is 5.95 Å². The lowest BCUT2D eigenvalue weighted by atomic mass is 10.1. The van der Waals surface area contributed by atoms with Gasteiger partial charge in [-0.3, -0.25) is 0 Å². The molecule has 1 aliphatic rings. The maximum absolute atomic E-state index is 10.4. The van der Waals surface area contributed by atoms with Crippen molar-refractivity contribution in [1.29, 1.82) is 0 Å². The third kappa shape index (κ3) is 3.16. The summed E-state index contributed by atoms with van der Waals surface area (Å²) in [6.45, 7) is 3.88. The summed E-state index contributed by atoms with van der Waals surface area (Å²) in [5, 5.41) is 8.52. The van der Waals surface area contributed by atoms with Gasteiger partial charge in [0.2, 0.25) is 5.95 Å². The van der Waals surface area contributed by atoms with Crippen LogP contribution in [-0.2, 0) is 4.79 Å². The number of carbonyl (C=O) groups is 1. The van der Waals surface area contributed by atoms with Gasteiger partial charge in [0.25, 0.3) is 0 Å². The second kappa shape index (κ2) is 5.44. The van der Waals surface area contributed by atoms with Gasteiger partial charge in [-0.2, -0.15) is 0 Å². The molecule has 1 aromatic heterocycles. The number of hydrogen-bond donors (Lipinski definition) is 1. The van der Waals surface area contributed by atoms with Gasteiger partial charge in [-0.25, -0.2) is 14.8 Å². The van der Waals surface area contributed by atoms with Gasteiger partial charge in [-0.05, 0) is 19.4 Å². The summed E-state index contributed by atoms with van der Waals surface area (Å²) in [5.74, 6) is -0.290. The largest absolute Gasteiger partial charge is 0.478 e. The number of nitrogens with zero attached hydrogens (tertiary/aromatic N) is 3. The molecule has 1 N–H and O–H groups in total. The third-order valence-electron chi connectivity index (χ3n) is 2.80. The zero-order valence-electron chi connectivity index (χ0n) is 10.2. The van der Waals surface area contributed by atoms with E-state index in [1.165, 1.54) is 11.6 Å². The number of carboxylic acids is 1. The molecule has 0 fully saturated rings. The second-order valence-electron chi connectivity index (χ2n) is 4.23. The maximum atomic E-state index is 10.4. The van der Waals surface area contributed by atoms with Crippen molar-refractivity contribution in [2.45, 2.75) is 13.3 Å². The Morgan fingerprint density at radius 2 is 2.17 bits per heavy atom. The highest BCUT2D eigenvalue weighted by Crippen LogP contribution is 2.15. The van der Waals surface area contributed by atoms with Crippen molar-refractivity contribution in [2.24, 2.45) is 0 Å². The standard InChI is InChI=1S/C13H15N3O2/c1-10-4-6-16(7-5-10)13-14-8-11(9-15-13)2-3-12(17)18/h2-4,8-9H,5-7H2,1H3,(H,17,18)/b3-2+. The molecule has 0 radical (unpaired) electrons. The van der Waals surface area contributed by atoms with Crippen LogP contribution in [0, 0.1) is 0 Å². The first kappa shape index (κ1) is 12.3. The minimum absolute atomic E-state index is 0.685. The van der Waals surface area contributed by atoms with E-state index in [1.54, 1.807) is 12.4 Å². The molecule has 2 heterocycles. The first-order valence-electron chi connectivity index (χ1n) is 5.79. The Kier molecular flexibility index (Phi) is 3.72. The normalized spacial score (nSPS) is 15.8. The summed E-state index contributed by atoms with van der Waals surface area (Å²) >= 11 is 0. The first-order valence-corrected chi connectivity index (χ1v) is 5.79. The third-order valence-corrected chi connectivity index (χ3v) is 2.80. The van der Waals surface area contributed by atoms with Crippen molar-refractivity contribution in [2.75, 3.05) is 18.0 Å². The zero-order chi connectivity index (χ0) is 13.0. The highest BCUT2D eigenvalue weighted by molar-refractivity contribution is 5.85. The highest BCUT2D eigenvalue weighted by Gasteiger charge is 2.11. The molecule has 0 amide bonds. The molecule has 94 valence electrons. The summed E-state index contributed by atoms with van der Waals surface area (Å²) in [5.41, 5.74) is 2.08. The Hall–Kier alpha value is -2.17. The Morgan fingerprint density at radius 3 is 2.72 bits per heavy atom. The van der Waals surface area contributed by atoms with Gasteiger partial charge >= 0.3 is 5.97 Å². The van der Waals surface area contributed by atoms with E-state index >= 15 is 0 Å². The zero-order valence-corrected chi connectivity index (χ0v) is 10.2. The van der Waals surface area contributed by atoms with Crippen molar-refractivity contribution in [1.82, 2.24) is 9.97 Å². The van der Waals surface area contributed by atoms with E-state index in [1.807, 2.05) is 0 Å². The predicted molar refractivity (Wildman–Crippen MR) is 69.3 cm³/mol. The van der Waals surface area contributed by atoms with Crippen LogP contribution in [-0.4, -0.2) is 34.1 Å². The molecule has 0 aliphatic carbocycles. The van der Waals surface area contributed by atoms with E-state index in [-0.39, 0.29) is 0 Å². The fourth-order valence-corrected chi connectivity index (χ4v) is 1.70. The van der Waals surface area contributed by atoms with Gasteiger partial charge in [-0.1, -0.05) is 11.6 Å². The number of anilines is 1. The average molecular weight is 245 g/mol. The molecule has 0 spiro atoms. The molecule has 0 unspecified atom stereocenters. The lowest BCUT2D eigenvalue weighted by Crippen LogP contribution is -2.29. The minimum atomic E-state index is -0.976. The lowest BCUT2D eigenvalue weighted by molar-refractivity contribution is -0.131. The smallest absolute Gasteiger partial charge is 0.328 e. The van der Waals surface area contributed by atoms with Crippen LogP contribution in [0.1, 0.15) is 18.9 Å². The van der Waals surface area contributed by atoms with Crippen LogP contribution in [0.15, 0.2) is 30.1 Å². The van der Waals surface area contributed by atoms with Crippen LogP contribution in [0.2, 0.25) is 0 Å². The number of aromatic nitrogens is 2. The Bertz CT molecular complexity index is 491. The monoisotopic (exact) mass is 245 g/mol. The van der Waals surface area contributed by atoms with Gasteiger partial charge in [0.1, 0.15) is 0 Å². The maximum Gasteiger partial charge on any atom is 0.328 e. The molecule has 0 saturated heterocycles. The fraction of sp³-hybridized carbons (Fsp3) is 0.308. The summed E-state index contributed by atoms with van der Waals surface area (Å²) in [6.07, 6.45) is 9.02. The van der Waals surface area contributed by atoms with Gasteiger partial charge < -0.3 is 10.0 Å². The molecule has 0 bridgehead atoms. The van der Waals surface area contributed by atoms with E-state index in [9.17, 15) is 4.79 Å². The molecule has 0 aromatic carbocycles. The molecule has 1 aliphatic heterocycles. The van der Waals surface area contributed by atoms with E-state index in [2.05, 4.69) is 27.9 Å². The Labute approximate surface area is 105 Å². The molecule has 1 aromatic rings. The van der Waals surface area contributed by atoms with E-state index in [0.717, 1.165) is 25.6 Å². The summed E-state index contributed by atoms with van der Waals surface area (Å²) in [6, 6.07) is 0. The first-order chi connectivity index (χ1) is 8.65. The number of hydrogen-bond acceptors (Lipinski definition) is 4. The number of rotatable bonds is 3. The second-order valence-corrected chi connectivity index (χ2v) is 4.23. The van der Waals surface area contributed by atoms with Gasteiger partial charge in [0.05, 0.1) is 0 Å². The van der Waals surface area contributed by atoms with Crippen molar-refractivity contribution in [3.63, 3.8) is 0 Å². The lowest BCUT2D eigenvalue weighted by Gasteiger charge is -2.25. The quantitative estimate of drug-likeness (QED) is 0.649. The number of carboxylic acid groups (broad SMARTS) is 1. The van der Waals surface area contributed by atoms with Gasteiger partial charge in [0, 0.05) is 37.1 Å². The number of aliphatic carboxylic acids is 1. The van der Waals surface area contributed by atoms with Crippen LogP contribution >= 0.6 is 0 Å². The molecule has 18 heavy (non-hydrogen) atoms. The van der Waals surface area contributed by atoms with E-state index < -0.39 is 5.97 Å². The predicted octanol–water partition coefficient (Wildman–Crippen LogP) is 1.73. The Morgan fingerprint density at radius 1 is 1.44 bits per heavy atom. The molecule has 5 heteroatoms. The highest BCUT2D eigenvalue weighted by atomic mass is 16.4. The SMILES string of the molecule is CC1=CCN(c2ncc(/C=C/C(=O)O)cn2)CC1. The van der Waals surface area contributed by atoms with Gasteiger partial charge in [0.15, 0.2) is 0 Å². The van der Waals surface area contributed by atoms with E-state index in [0.29, 0.717) is 11.5 Å². The average Bonchev–Trinajstić information content (AvgIpc) is 2.38. The topological polar surface area (TPSA) is 66.3 Å². The van der Waals surface area contributed by atoms with Crippen LogP contribution in [0.3, 0.4) is 0 Å². The van der Waals surface area contributed by atoms with Crippen LogP contribution in [0.5, 0.6) is 0 Å². The van der Waals surface area contributed by atoms with Crippen molar-refractivity contribution >= 4 is 18.0 Å². The van der Waals surface area contributed by atoms with Gasteiger partial charge in [-0.15, -0.1) is 0 Å². The van der Waals surface area contributed by atoms with Crippen LogP contribution < -0.4 is 4.90 Å². The van der Waals surface area contributed by atoms with Crippen LogP contribution in [0.25, 0.3) is 6.08 Å². The molecular weight excluding hydrogens is 230 g/mol. The summed E-state index contributed by atoms with van der Waals surface area (Å²) < 4.78 is 0. The molecular formula is C13H15N3O2. The van der Waals surface area contributed by atoms with E-state index in [4.69, 9.17) is 5.11 Å². The Balaban J connectivity index is 2.06. The molecule has 0 atom stereocenters. The summed E-state index contributed by atoms with van der Waals surface area (Å²) in [4.78, 5) is 21.0. The summed E-state index contributed by atoms with van der Waals surface area (Å²) in [7, 11) is 0. The molecule has 2 rings (SSSR count). The molecule has 0 saturated carbocycles.